The highest BCUT2D eigenvalue weighted by Gasteiger charge is 2.09. The summed E-state index contributed by atoms with van der Waals surface area (Å²) in [5, 5.41) is 0. The Kier molecular flexibility index (Phi) is 6.90. The molecule has 0 unspecified atom stereocenters. The molecule has 5 nitrogen and oxygen atoms in total. The molecule has 0 aromatic heterocycles. The van der Waals surface area contributed by atoms with Crippen LogP contribution in [0.2, 0.25) is 0 Å². The number of nitrogens with zero attached hydrogens (tertiary/aromatic N) is 1. The molecule has 0 saturated carbocycles. The topological polar surface area (TPSA) is 49.3 Å². The van der Waals surface area contributed by atoms with Gasteiger partial charge in [0.25, 0.3) is 0 Å². The van der Waals surface area contributed by atoms with Crippen LogP contribution in [0.4, 0.5) is 5.69 Å². The predicted molar refractivity (Wildman–Crippen MR) is 115 cm³/mol. The Morgan fingerprint density at radius 1 is 0.724 bits per heavy atom. The van der Waals surface area contributed by atoms with Gasteiger partial charge in [-0.25, -0.2) is 4.99 Å². The van der Waals surface area contributed by atoms with E-state index in [1.807, 2.05) is 79.7 Å². The molecule has 0 spiro atoms. The summed E-state index contributed by atoms with van der Waals surface area (Å²) in [6.45, 7) is 1.88. The van der Waals surface area contributed by atoms with Gasteiger partial charge in [0, 0.05) is 11.6 Å². The van der Waals surface area contributed by atoms with Crippen LogP contribution in [0.25, 0.3) is 0 Å². The van der Waals surface area contributed by atoms with Crippen molar-refractivity contribution in [2.75, 3.05) is 14.2 Å². The molecule has 0 aliphatic carbocycles. The maximum absolute atomic E-state index is 6.05. The quantitative estimate of drug-likeness (QED) is 0.291. The normalized spacial score (nSPS) is 11.7. The Balaban J connectivity index is 1.85. The van der Waals surface area contributed by atoms with Crippen LogP contribution in [0.5, 0.6) is 23.0 Å². The molecular weight excluding hydrogens is 366 g/mol. The van der Waals surface area contributed by atoms with Gasteiger partial charge in [-0.3, -0.25) is 0 Å². The maximum Gasteiger partial charge on any atom is 0.225 e. The monoisotopic (exact) mass is 389 g/mol. The first-order valence-electron chi connectivity index (χ1n) is 9.11. The fourth-order valence-electron chi connectivity index (χ4n) is 2.45. The van der Waals surface area contributed by atoms with E-state index in [1.165, 1.54) is 0 Å². The highest BCUT2D eigenvalue weighted by atomic mass is 16.5. The zero-order chi connectivity index (χ0) is 20.5. The standard InChI is InChI=1S/C24H23NO4/c1-18(17-28-21-14-12-20(26-2)13-15-21)24(25-19-8-5-4-6-9-19)29-23-11-7-10-22(16-23)27-3/h4-17H,1-3H3/b18-17+,25-24-. The molecular formula is C24H23NO4. The number of rotatable bonds is 7. The summed E-state index contributed by atoms with van der Waals surface area (Å²) in [6, 6.07) is 24.3. The lowest BCUT2D eigenvalue weighted by Gasteiger charge is -2.11. The molecule has 0 aliphatic heterocycles. The van der Waals surface area contributed by atoms with Crippen LogP contribution >= 0.6 is 0 Å². The van der Waals surface area contributed by atoms with E-state index in [4.69, 9.17) is 18.9 Å². The van der Waals surface area contributed by atoms with Crippen molar-refractivity contribution in [3.63, 3.8) is 0 Å². The fourth-order valence-corrected chi connectivity index (χ4v) is 2.45. The van der Waals surface area contributed by atoms with E-state index >= 15 is 0 Å². The van der Waals surface area contributed by atoms with Crippen LogP contribution in [-0.4, -0.2) is 20.1 Å². The molecule has 3 aromatic rings. The molecule has 3 aromatic carbocycles. The van der Waals surface area contributed by atoms with Gasteiger partial charge >= 0.3 is 0 Å². The maximum atomic E-state index is 6.05. The first-order chi connectivity index (χ1) is 14.2. The average molecular weight is 389 g/mol. The van der Waals surface area contributed by atoms with Gasteiger partial charge in [-0.1, -0.05) is 24.3 Å². The van der Waals surface area contributed by atoms with E-state index in [9.17, 15) is 0 Å². The summed E-state index contributed by atoms with van der Waals surface area (Å²) in [4.78, 5) is 4.63. The molecule has 148 valence electrons. The summed E-state index contributed by atoms with van der Waals surface area (Å²) in [5.41, 5.74) is 1.51. The third-order valence-corrected chi connectivity index (χ3v) is 4.01. The van der Waals surface area contributed by atoms with E-state index in [-0.39, 0.29) is 0 Å². The summed E-state index contributed by atoms with van der Waals surface area (Å²) < 4.78 is 22.2. The number of methoxy groups -OCH3 is 2. The predicted octanol–water partition coefficient (Wildman–Crippen LogP) is 5.80. The summed E-state index contributed by atoms with van der Waals surface area (Å²) in [6.07, 6.45) is 1.61. The van der Waals surface area contributed by atoms with Crippen molar-refractivity contribution in [3.8, 4) is 23.0 Å². The van der Waals surface area contributed by atoms with Gasteiger partial charge in [0.2, 0.25) is 5.90 Å². The number of hydrogen-bond donors (Lipinski definition) is 0. The Hall–Kier alpha value is -3.73. The first kappa shape index (κ1) is 20.0. The van der Waals surface area contributed by atoms with Gasteiger partial charge in [0.1, 0.15) is 23.0 Å². The molecule has 0 radical (unpaired) electrons. The molecule has 0 heterocycles. The van der Waals surface area contributed by atoms with Crippen LogP contribution in [0, 0.1) is 0 Å². The second-order valence-corrected chi connectivity index (χ2v) is 6.13. The molecule has 3 rings (SSSR count). The van der Waals surface area contributed by atoms with E-state index in [2.05, 4.69) is 4.99 Å². The van der Waals surface area contributed by atoms with Crippen molar-refractivity contribution >= 4 is 11.6 Å². The number of para-hydroxylation sites is 1. The minimum atomic E-state index is 0.429. The van der Waals surface area contributed by atoms with Crippen molar-refractivity contribution in [1.82, 2.24) is 0 Å². The molecule has 0 N–H and O–H groups in total. The van der Waals surface area contributed by atoms with Crippen LogP contribution in [-0.2, 0) is 0 Å². The summed E-state index contributed by atoms with van der Waals surface area (Å²) in [5.74, 6) is 3.21. The third kappa shape index (κ3) is 5.87. The smallest absolute Gasteiger partial charge is 0.225 e. The Morgan fingerprint density at radius 2 is 1.38 bits per heavy atom. The number of hydrogen-bond acceptors (Lipinski definition) is 5. The highest BCUT2D eigenvalue weighted by molar-refractivity contribution is 5.96. The lowest BCUT2D eigenvalue weighted by molar-refractivity contribution is 0.411. The van der Waals surface area contributed by atoms with Gasteiger partial charge in [-0.15, -0.1) is 0 Å². The second kappa shape index (κ2) is 9.99. The molecule has 0 amide bonds. The van der Waals surface area contributed by atoms with E-state index in [0.717, 1.165) is 17.0 Å². The van der Waals surface area contributed by atoms with Crippen molar-refractivity contribution in [3.05, 3.63) is 90.7 Å². The van der Waals surface area contributed by atoms with Gasteiger partial charge < -0.3 is 18.9 Å². The molecule has 0 saturated heterocycles. The summed E-state index contributed by atoms with van der Waals surface area (Å²) in [7, 11) is 3.24. The number of benzene rings is 3. The fraction of sp³-hybridized carbons (Fsp3) is 0.125. The van der Waals surface area contributed by atoms with Gasteiger partial charge in [-0.2, -0.15) is 0 Å². The zero-order valence-electron chi connectivity index (χ0n) is 16.7. The molecule has 0 fully saturated rings. The Morgan fingerprint density at radius 3 is 2.07 bits per heavy atom. The largest absolute Gasteiger partial charge is 0.497 e. The molecule has 5 heteroatoms. The molecule has 0 bridgehead atoms. The van der Waals surface area contributed by atoms with E-state index in [1.54, 1.807) is 26.5 Å². The minimum Gasteiger partial charge on any atom is -0.497 e. The molecule has 0 atom stereocenters. The lowest BCUT2D eigenvalue weighted by atomic mass is 10.3. The highest BCUT2D eigenvalue weighted by Crippen LogP contribution is 2.22. The third-order valence-electron chi connectivity index (χ3n) is 4.01. The number of aliphatic imine (C=N–C) groups is 1. The molecule has 29 heavy (non-hydrogen) atoms. The van der Waals surface area contributed by atoms with E-state index in [0.29, 0.717) is 23.1 Å². The van der Waals surface area contributed by atoms with E-state index < -0.39 is 0 Å². The van der Waals surface area contributed by atoms with Crippen molar-refractivity contribution in [2.45, 2.75) is 6.92 Å². The SMILES string of the molecule is COc1ccc(O/C=C(C)/C(=N/c2ccccc2)Oc2cccc(OC)c2)cc1. The van der Waals surface area contributed by atoms with Crippen LogP contribution in [0.3, 0.4) is 0 Å². The zero-order valence-corrected chi connectivity index (χ0v) is 16.7. The Labute approximate surface area is 170 Å². The van der Waals surface area contributed by atoms with Crippen molar-refractivity contribution < 1.29 is 18.9 Å². The van der Waals surface area contributed by atoms with Gasteiger partial charge in [-0.05, 0) is 55.5 Å². The number of ether oxygens (including phenoxy) is 4. The van der Waals surface area contributed by atoms with Crippen molar-refractivity contribution in [2.24, 2.45) is 4.99 Å². The van der Waals surface area contributed by atoms with Gasteiger partial charge in [0.15, 0.2) is 0 Å². The Bertz CT molecular complexity index is 979. The lowest BCUT2D eigenvalue weighted by Crippen LogP contribution is -2.11. The van der Waals surface area contributed by atoms with Crippen LogP contribution in [0.1, 0.15) is 6.92 Å². The van der Waals surface area contributed by atoms with Crippen molar-refractivity contribution in [1.29, 1.82) is 0 Å². The molecule has 0 aliphatic rings. The summed E-state index contributed by atoms with van der Waals surface area (Å²) >= 11 is 0. The van der Waals surface area contributed by atoms with Gasteiger partial charge in [0.05, 0.1) is 26.2 Å². The van der Waals surface area contributed by atoms with Crippen LogP contribution in [0.15, 0.2) is 95.7 Å². The minimum absolute atomic E-state index is 0.429. The second-order valence-electron chi connectivity index (χ2n) is 6.13. The average Bonchev–Trinajstić information content (AvgIpc) is 2.78. The van der Waals surface area contributed by atoms with Crippen LogP contribution < -0.4 is 18.9 Å². The first-order valence-corrected chi connectivity index (χ1v) is 9.11.